The Kier molecular flexibility index (Phi) is 7.26. The second kappa shape index (κ2) is 10.7. The standard InChI is InChI=1S/C25H24N4O3S/c1-2-32-20-10-5-3-8-18(20)24(31)26-15-7-12-23(30)29-22-14-13-17(16-27-22)25-28-19-9-4-6-11-21(19)33-25/h3-6,8-11,13-14,16H,2,7,12,15H2,1H3,(H,26,31)(H,27,29,30). The summed E-state index contributed by atoms with van der Waals surface area (Å²) in [6.07, 6.45) is 2.50. The van der Waals surface area contributed by atoms with Crippen LogP contribution in [0.1, 0.15) is 30.1 Å². The largest absolute Gasteiger partial charge is 0.493 e. The van der Waals surface area contributed by atoms with E-state index in [1.165, 1.54) is 0 Å². The van der Waals surface area contributed by atoms with Crippen molar-refractivity contribution < 1.29 is 14.3 Å². The molecule has 4 rings (SSSR count). The molecule has 8 heteroatoms. The summed E-state index contributed by atoms with van der Waals surface area (Å²) >= 11 is 1.61. The number of anilines is 1. The summed E-state index contributed by atoms with van der Waals surface area (Å²) in [6, 6.07) is 18.8. The Bertz CT molecular complexity index is 1220. The Labute approximate surface area is 195 Å². The lowest BCUT2D eigenvalue weighted by Crippen LogP contribution is -2.26. The smallest absolute Gasteiger partial charge is 0.255 e. The Morgan fingerprint density at radius 1 is 1.03 bits per heavy atom. The topological polar surface area (TPSA) is 93.2 Å². The van der Waals surface area contributed by atoms with Gasteiger partial charge in [0, 0.05) is 24.7 Å². The molecule has 0 aliphatic rings. The van der Waals surface area contributed by atoms with Gasteiger partial charge < -0.3 is 15.4 Å². The van der Waals surface area contributed by atoms with Gasteiger partial charge in [-0.15, -0.1) is 11.3 Å². The molecule has 2 aromatic heterocycles. The van der Waals surface area contributed by atoms with Gasteiger partial charge in [0.25, 0.3) is 5.91 Å². The van der Waals surface area contributed by atoms with E-state index in [1.807, 2.05) is 43.3 Å². The molecular formula is C25H24N4O3S. The maximum Gasteiger partial charge on any atom is 0.255 e. The predicted molar refractivity (Wildman–Crippen MR) is 131 cm³/mol. The number of nitrogens with one attached hydrogen (secondary N) is 2. The van der Waals surface area contributed by atoms with E-state index in [0.717, 1.165) is 20.8 Å². The quantitative estimate of drug-likeness (QED) is 0.346. The van der Waals surface area contributed by atoms with Gasteiger partial charge in [-0.25, -0.2) is 9.97 Å². The first kappa shape index (κ1) is 22.4. The summed E-state index contributed by atoms with van der Waals surface area (Å²) in [7, 11) is 0. The maximum atomic E-state index is 12.4. The van der Waals surface area contributed by atoms with E-state index < -0.39 is 0 Å². The van der Waals surface area contributed by atoms with Crippen LogP contribution in [-0.2, 0) is 4.79 Å². The molecule has 2 N–H and O–H groups in total. The molecule has 0 radical (unpaired) electrons. The number of thiazole rings is 1. The number of para-hydroxylation sites is 2. The highest BCUT2D eigenvalue weighted by molar-refractivity contribution is 7.21. The van der Waals surface area contributed by atoms with Gasteiger partial charge in [0.1, 0.15) is 16.6 Å². The molecule has 0 saturated carbocycles. The van der Waals surface area contributed by atoms with Crippen LogP contribution in [0.3, 0.4) is 0 Å². The number of pyridine rings is 1. The van der Waals surface area contributed by atoms with Gasteiger partial charge in [0.2, 0.25) is 5.91 Å². The Hall–Kier alpha value is -3.78. The third kappa shape index (κ3) is 5.72. The summed E-state index contributed by atoms with van der Waals surface area (Å²) in [5.74, 6) is 0.668. The Morgan fingerprint density at radius 3 is 2.64 bits per heavy atom. The van der Waals surface area contributed by atoms with Crippen molar-refractivity contribution in [2.45, 2.75) is 19.8 Å². The van der Waals surface area contributed by atoms with Crippen molar-refractivity contribution in [2.75, 3.05) is 18.5 Å². The fourth-order valence-corrected chi connectivity index (χ4v) is 4.23. The molecule has 0 spiro atoms. The average molecular weight is 461 g/mol. The van der Waals surface area contributed by atoms with Crippen molar-refractivity contribution in [3.63, 3.8) is 0 Å². The van der Waals surface area contributed by atoms with E-state index in [0.29, 0.717) is 36.7 Å². The number of hydrogen-bond acceptors (Lipinski definition) is 6. The van der Waals surface area contributed by atoms with Gasteiger partial charge in [0.05, 0.1) is 22.4 Å². The fraction of sp³-hybridized carbons (Fsp3) is 0.200. The monoisotopic (exact) mass is 460 g/mol. The van der Waals surface area contributed by atoms with Crippen molar-refractivity contribution in [1.82, 2.24) is 15.3 Å². The first-order valence-corrected chi connectivity index (χ1v) is 11.6. The molecule has 2 heterocycles. The van der Waals surface area contributed by atoms with E-state index in [2.05, 4.69) is 20.6 Å². The van der Waals surface area contributed by atoms with Crippen molar-refractivity contribution >= 4 is 39.2 Å². The minimum atomic E-state index is -0.216. The van der Waals surface area contributed by atoms with Crippen LogP contribution < -0.4 is 15.4 Å². The first-order chi connectivity index (χ1) is 16.1. The normalized spacial score (nSPS) is 10.7. The molecule has 2 aromatic carbocycles. The zero-order valence-electron chi connectivity index (χ0n) is 18.2. The molecule has 2 amide bonds. The van der Waals surface area contributed by atoms with Crippen LogP contribution in [0.4, 0.5) is 5.82 Å². The van der Waals surface area contributed by atoms with Gasteiger partial charge >= 0.3 is 0 Å². The van der Waals surface area contributed by atoms with Crippen molar-refractivity contribution in [3.8, 4) is 16.3 Å². The molecule has 4 aromatic rings. The van der Waals surface area contributed by atoms with Crippen LogP contribution in [0.5, 0.6) is 5.75 Å². The second-order valence-corrected chi connectivity index (χ2v) is 8.29. The summed E-state index contributed by atoms with van der Waals surface area (Å²) in [6.45, 7) is 2.74. The number of nitrogens with zero attached hydrogens (tertiary/aromatic N) is 2. The van der Waals surface area contributed by atoms with Crippen LogP contribution in [0.25, 0.3) is 20.8 Å². The first-order valence-electron chi connectivity index (χ1n) is 10.8. The Balaban J connectivity index is 1.24. The van der Waals surface area contributed by atoms with Gasteiger partial charge in [-0.3, -0.25) is 9.59 Å². The summed E-state index contributed by atoms with van der Waals surface area (Å²) in [4.78, 5) is 33.6. The summed E-state index contributed by atoms with van der Waals surface area (Å²) in [5.41, 5.74) is 2.36. The number of hydrogen-bond donors (Lipinski definition) is 2. The highest BCUT2D eigenvalue weighted by atomic mass is 32.1. The van der Waals surface area contributed by atoms with Crippen LogP contribution in [0.2, 0.25) is 0 Å². The van der Waals surface area contributed by atoms with Crippen LogP contribution in [0.15, 0.2) is 66.9 Å². The molecule has 0 aliphatic carbocycles. The number of benzene rings is 2. The molecule has 0 unspecified atom stereocenters. The van der Waals surface area contributed by atoms with E-state index in [9.17, 15) is 9.59 Å². The number of carbonyl (C=O) groups excluding carboxylic acids is 2. The van der Waals surface area contributed by atoms with E-state index in [-0.39, 0.29) is 18.2 Å². The van der Waals surface area contributed by atoms with Crippen molar-refractivity contribution in [2.24, 2.45) is 0 Å². The summed E-state index contributed by atoms with van der Waals surface area (Å²) < 4.78 is 6.61. The lowest BCUT2D eigenvalue weighted by atomic mass is 10.2. The van der Waals surface area contributed by atoms with Crippen molar-refractivity contribution in [1.29, 1.82) is 0 Å². The molecule has 33 heavy (non-hydrogen) atoms. The molecular weight excluding hydrogens is 436 g/mol. The molecule has 7 nitrogen and oxygen atoms in total. The van der Waals surface area contributed by atoms with Gasteiger partial charge in [-0.1, -0.05) is 24.3 Å². The minimum Gasteiger partial charge on any atom is -0.493 e. The maximum absolute atomic E-state index is 12.4. The zero-order valence-corrected chi connectivity index (χ0v) is 19.0. The number of rotatable bonds is 9. The van der Waals surface area contributed by atoms with E-state index >= 15 is 0 Å². The lowest BCUT2D eigenvalue weighted by molar-refractivity contribution is -0.116. The third-order valence-electron chi connectivity index (χ3n) is 4.87. The van der Waals surface area contributed by atoms with E-state index in [1.54, 1.807) is 41.8 Å². The zero-order chi connectivity index (χ0) is 23.0. The lowest BCUT2D eigenvalue weighted by Gasteiger charge is -2.10. The van der Waals surface area contributed by atoms with Crippen molar-refractivity contribution in [3.05, 3.63) is 72.4 Å². The second-order valence-electron chi connectivity index (χ2n) is 7.26. The average Bonchev–Trinajstić information content (AvgIpc) is 3.27. The number of amides is 2. The van der Waals surface area contributed by atoms with Crippen LogP contribution >= 0.6 is 11.3 Å². The SMILES string of the molecule is CCOc1ccccc1C(=O)NCCCC(=O)Nc1ccc(-c2nc3ccccc3s2)cn1. The molecule has 168 valence electrons. The van der Waals surface area contributed by atoms with Crippen LogP contribution in [0, 0.1) is 0 Å². The number of aromatic nitrogens is 2. The minimum absolute atomic E-state index is 0.154. The molecule has 0 atom stereocenters. The highest BCUT2D eigenvalue weighted by Crippen LogP contribution is 2.29. The molecule has 0 aliphatic heterocycles. The predicted octanol–water partition coefficient (Wildman–Crippen LogP) is 4.91. The third-order valence-corrected chi connectivity index (χ3v) is 5.95. The number of fused-ring (bicyclic) bond motifs is 1. The molecule has 0 fully saturated rings. The van der Waals surface area contributed by atoms with Gasteiger partial charge in [-0.2, -0.15) is 0 Å². The molecule has 0 saturated heterocycles. The highest BCUT2D eigenvalue weighted by Gasteiger charge is 2.12. The summed E-state index contributed by atoms with van der Waals surface area (Å²) in [5, 5.41) is 6.52. The van der Waals surface area contributed by atoms with E-state index in [4.69, 9.17) is 4.74 Å². The fourth-order valence-electron chi connectivity index (χ4n) is 3.28. The Morgan fingerprint density at radius 2 is 1.85 bits per heavy atom. The van der Waals surface area contributed by atoms with Gasteiger partial charge in [0.15, 0.2) is 0 Å². The van der Waals surface area contributed by atoms with Gasteiger partial charge in [-0.05, 0) is 49.7 Å². The van der Waals surface area contributed by atoms with Crippen LogP contribution in [-0.4, -0.2) is 34.9 Å². The number of carbonyl (C=O) groups is 2. The molecule has 0 bridgehead atoms. The number of ether oxygens (including phenoxy) is 1.